The van der Waals surface area contributed by atoms with Gasteiger partial charge in [-0.25, -0.2) is 0 Å². The van der Waals surface area contributed by atoms with Crippen molar-refractivity contribution in [3.05, 3.63) is 0 Å². The van der Waals surface area contributed by atoms with Gasteiger partial charge in [0.05, 0.1) is 0 Å². The lowest BCUT2D eigenvalue weighted by Crippen LogP contribution is -2.31. The van der Waals surface area contributed by atoms with Gasteiger partial charge in [0.2, 0.25) is 0 Å². The Labute approximate surface area is 95.4 Å². The topological polar surface area (TPSA) is 15.3 Å². The van der Waals surface area contributed by atoms with Gasteiger partial charge in [0.25, 0.3) is 0 Å². The van der Waals surface area contributed by atoms with Crippen LogP contribution < -0.4 is 5.32 Å². The first-order valence-electron chi connectivity index (χ1n) is 6.65. The molecular weight excluding hydrogens is 184 g/mol. The summed E-state index contributed by atoms with van der Waals surface area (Å²) in [5.74, 6) is 0.997. The Morgan fingerprint density at radius 2 is 2.00 bits per heavy atom. The molecule has 15 heavy (non-hydrogen) atoms. The second-order valence-corrected chi connectivity index (χ2v) is 5.07. The molecule has 0 saturated carbocycles. The predicted molar refractivity (Wildman–Crippen MR) is 67.2 cm³/mol. The molecule has 0 aromatic carbocycles. The van der Waals surface area contributed by atoms with Crippen LogP contribution >= 0.6 is 0 Å². The largest absolute Gasteiger partial charge is 0.317 e. The van der Waals surface area contributed by atoms with Crippen molar-refractivity contribution in [2.75, 3.05) is 26.7 Å². The van der Waals surface area contributed by atoms with E-state index in [1.807, 2.05) is 0 Å². The molecule has 90 valence electrons. The van der Waals surface area contributed by atoms with Crippen LogP contribution in [0.3, 0.4) is 0 Å². The predicted octanol–water partition coefficient (Wildman–Crippen LogP) is 2.50. The van der Waals surface area contributed by atoms with Crippen molar-refractivity contribution in [1.29, 1.82) is 0 Å². The minimum atomic E-state index is 0.748. The molecule has 0 amide bonds. The maximum Gasteiger partial charge on any atom is 0.00612 e. The molecule has 0 spiro atoms. The van der Waals surface area contributed by atoms with Crippen molar-refractivity contribution >= 4 is 0 Å². The standard InChI is InChI=1S/C13H28N2/c1-4-12(2)15(3)11-5-6-13-7-9-14-10-8-13/h12-14H,4-11H2,1-3H3. The van der Waals surface area contributed by atoms with Crippen LogP contribution in [0.4, 0.5) is 0 Å². The zero-order valence-corrected chi connectivity index (χ0v) is 10.8. The van der Waals surface area contributed by atoms with E-state index in [2.05, 4.69) is 31.1 Å². The van der Waals surface area contributed by atoms with Gasteiger partial charge in [-0.2, -0.15) is 0 Å². The summed E-state index contributed by atoms with van der Waals surface area (Å²) in [4.78, 5) is 2.50. The van der Waals surface area contributed by atoms with Gasteiger partial charge in [0, 0.05) is 6.04 Å². The van der Waals surface area contributed by atoms with Crippen LogP contribution in [0.5, 0.6) is 0 Å². The highest BCUT2D eigenvalue weighted by molar-refractivity contribution is 4.69. The molecule has 1 N–H and O–H groups in total. The molecule has 2 heteroatoms. The number of rotatable bonds is 6. The number of piperidine rings is 1. The Hall–Kier alpha value is -0.0800. The van der Waals surface area contributed by atoms with Crippen molar-refractivity contribution in [1.82, 2.24) is 10.2 Å². The Balaban J connectivity index is 2.04. The van der Waals surface area contributed by atoms with Crippen molar-refractivity contribution in [2.24, 2.45) is 5.92 Å². The van der Waals surface area contributed by atoms with E-state index in [-0.39, 0.29) is 0 Å². The van der Waals surface area contributed by atoms with Gasteiger partial charge in [0.1, 0.15) is 0 Å². The summed E-state index contributed by atoms with van der Waals surface area (Å²) in [5, 5.41) is 3.43. The summed E-state index contributed by atoms with van der Waals surface area (Å²) in [6, 6.07) is 0.748. The lowest BCUT2D eigenvalue weighted by molar-refractivity contribution is 0.234. The second-order valence-electron chi connectivity index (χ2n) is 5.07. The molecule has 1 aliphatic rings. The maximum absolute atomic E-state index is 3.43. The number of nitrogens with one attached hydrogen (secondary N) is 1. The molecular formula is C13H28N2. The molecule has 1 unspecified atom stereocenters. The molecule has 0 bridgehead atoms. The Kier molecular flexibility index (Phi) is 6.26. The zero-order valence-electron chi connectivity index (χ0n) is 10.8. The molecule has 1 heterocycles. The fourth-order valence-electron chi connectivity index (χ4n) is 2.33. The average Bonchev–Trinajstić information content (AvgIpc) is 2.29. The van der Waals surface area contributed by atoms with Gasteiger partial charge in [-0.05, 0) is 71.6 Å². The number of hydrogen-bond donors (Lipinski definition) is 1. The van der Waals surface area contributed by atoms with Crippen LogP contribution in [0, 0.1) is 5.92 Å². The van der Waals surface area contributed by atoms with Gasteiger partial charge in [-0.15, -0.1) is 0 Å². The summed E-state index contributed by atoms with van der Waals surface area (Å²) >= 11 is 0. The van der Waals surface area contributed by atoms with Crippen molar-refractivity contribution < 1.29 is 0 Å². The van der Waals surface area contributed by atoms with E-state index in [1.165, 1.54) is 51.7 Å². The molecule has 1 saturated heterocycles. The summed E-state index contributed by atoms with van der Waals surface area (Å²) < 4.78 is 0. The SMILES string of the molecule is CCC(C)N(C)CCCC1CCNCC1. The van der Waals surface area contributed by atoms with Gasteiger partial charge < -0.3 is 10.2 Å². The lowest BCUT2D eigenvalue weighted by Gasteiger charge is -2.26. The normalized spacial score (nSPS) is 20.8. The van der Waals surface area contributed by atoms with Crippen LogP contribution in [0.1, 0.15) is 46.0 Å². The highest BCUT2D eigenvalue weighted by atomic mass is 15.1. The van der Waals surface area contributed by atoms with E-state index in [1.54, 1.807) is 0 Å². The summed E-state index contributed by atoms with van der Waals surface area (Å²) in [5.41, 5.74) is 0. The molecule has 0 aromatic rings. The van der Waals surface area contributed by atoms with Crippen LogP contribution in [0.25, 0.3) is 0 Å². The van der Waals surface area contributed by atoms with Crippen molar-refractivity contribution in [3.63, 3.8) is 0 Å². The Morgan fingerprint density at radius 1 is 1.33 bits per heavy atom. The monoisotopic (exact) mass is 212 g/mol. The zero-order chi connectivity index (χ0) is 11.1. The molecule has 1 rings (SSSR count). The average molecular weight is 212 g/mol. The second kappa shape index (κ2) is 7.24. The van der Waals surface area contributed by atoms with E-state index in [0.717, 1.165) is 12.0 Å². The maximum atomic E-state index is 3.43. The minimum absolute atomic E-state index is 0.748. The first-order chi connectivity index (χ1) is 7.24. The van der Waals surface area contributed by atoms with Crippen molar-refractivity contribution in [3.8, 4) is 0 Å². The van der Waals surface area contributed by atoms with E-state index in [4.69, 9.17) is 0 Å². The summed E-state index contributed by atoms with van der Waals surface area (Å²) in [6.45, 7) is 8.36. The van der Waals surface area contributed by atoms with Gasteiger partial charge in [-0.1, -0.05) is 6.92 Å². The third kappa shape index (κ3) is 4.98. The minimum Gasteiger partial charge on any atom is -0.317 e. The third-order valence-corrected chi connectivity index (χ3v) is 3.93. The molecule has 1 fully saturated rings. The van der Waals surface area contributed by atoms with Crippen LogP contribution in [-0.4, -0.2) is 37.6 Å². The van der Waals surface area contributed by atoms with Crippen LogP contribution in [0.15, 0.2) is 0 Å². The van der Waals surface area contributed by atoms with Crippen molar-refractivity contribution in [2.45, 2.75) is 52.0 Å². The molecule has 1 aliphatic heterocycles. The molecule has 0 aromatic heterocycles. The fourth-order valence-corrected chi connectivity index (χ4v) is 2.33. The molecule has 2 nitrogen and oxygen atoms in total. The van der Waals surface area contributed by atoms with E-state index in [9.17, 15) is 0 Å². The Bertz CT molecular complexity index is 151. The van der Waals surface area contributed by atoms with Gasteiger partial charge >= 0.3 is 0 Å². The third-order valence-electron chi connectivity index (χ3n) is 3.93. The van der Waals surface area contributed by atoms with Gasteiger partial charge in [0.15, 0.2) is 0 Å². The fraction of sp³-hybridized carbons (Fsp3) is 1.00. The lowest BCUT2D eigenvalue weighted by atomic mass is 9.93. The highest BCUT2D eigenvalue weighted by Crippen LogP contribution is 2.18. The molecule has 0 radical (unpaired) electrons. The Morgan fingerprint density at radius 3 is 2.60 bits per heavy atom. The highest BCUT2D eigenvalue weighted by Gasteiger charge is 2.13. The van der Waals surface area contributed by atoms with E-state index in [0.29, 0.717) is 0 Å². The molecule has 0 aliphatic carbocycles. The van der Waals surface area contributed by atoms with E-state index >= 15 is 0 Å². The number of nitrogens with zero attached hydrogens (tertiary/aromatic N) is 1. The first kappa shape index (κ1) is 13.0. The molecule has 1 atom stereocenters. The van der Waals surface area contributed by atoms with Gasteiger partial charge in [-0.3, -0.25) is 0 Å². The van der Waals surface area contributed by atoms with Crippen LogP contribution in [0.2, 0.25) is 0 Å². The quantitative estimate of drug-likeness (QED) is 0.728. The summed E-state index contributed by atoms with van der Waals surface area (Å²) in [6.07, 6.45) is 6.87. The van der Waals surface area contributed by atoms with E-state index < -0.39 is 0 Å². The summed E-state index contributed by atoms with van der Waals surface area (Å²) in [7, 11) is 2.26. The van der Waals surface area contributed by atoms with Crippen LogP contribution in [-0.2, 0) is 0 Å². The first-order valence-corrected chi connectivity index (χ1v) is 6.65. The smallest absolute Gasteiger partial charge is 0.00612 e. The number of hydrogen-bond acceptors (Lipinski definition) is 2.